The van der Waals surface area contributed by atoms with Gasteiger partial charge in [-0.15, -0.1) is 0 Å². The molecule has 0 aliphatic rings. The number of rotatable bonds is 2. The third kappa shape index (κ3) is 2.47. The monoisotopic (exact) mass is 220 g/mol. The van der Waals surface area contributed by atoms with Gasteiger partial charge in [0.25, 0.3) is 0 Å². The molecule has 2 N–H and O–H groups in total. The number of nitrogens with two attached hydrogens (primary N) is 1. The molecule has 0 amide bonds. The second-order valence-electron chi connectivity index (χ2n) is 2.97. The van der Waals surface area contributed by atoms with Crippen molar-refractivity contribution in [1.29, 1.82) is 0 Å². The van der Waals surface area contributed by atoms with Crippen LogP contribution in [0.1, 0.15) is 0 Å². The summed E-state index contributed by atoms with van der Waals surface area (Å²) in [6.45, 7) is 0. The Morgan fingerprint density at radius 2 is 1.87 bits per heavy atom. The molecule has 0 aliphatic heterocycles. The smallest absolute Gasteiger partial charge is 0.123 e. The number of benzene rings is 1. The van der Waals surface area contributed by atoms with Gasteiger partial charge in [-0.2, -0.15) is 0 Å². The molecule has 15 heavy (non-hydrogen) atoms. The second-order valence-corrected chi connectivity index (χ2v) is 4.08. The molecule has 0 aliphatic carbocycles. The highest BCUT2D eigenvalue weighted by Crippen LogP contribution is 2.30. The minimum atomic E-state index is -0.234. The number of hydrogen-bond donors (Lipinski definition) is 1. The topological polar surface area (TPSA) is 38.9 Å². The molecular formula is C11H9FN2S. The first-order chi connectivity index (χ1) is 7.25. The summed E-state index contributed by atoms with van der Waals surface area (Å²) in [6, 6.07) is 8.14. The normalized spacial score (nSPS) is 10.2. The first-order valence-electron chi connectivity index (χ1n) is 4.38. The average molecular weight is 220 g/mol. The van der Waals surface area contributed by atoms with Crippen LogP contribution in [0.2, 0.25) is 0 Å². The quantitative estimate of drug-likeness (QED) is 0.845. The molecule has 76 valence electrons. The lowest BCUT2D eigenvalue weighted by atomic mass is 10.3. The van der Waals surface area contributed by atoms with Crippen molar-refractivity contribution in [3.63, 3.8) is 0 Å². The van der Waals surface area contributed by atoms with Gasteiger partial charge in [-0.1, -0.05) is 11.8 Å². The van der Waals surface area contributed by atoms with E-state index in [-0.39, 0.29) is 5.82 Å². The van der Waals surface area contributed by atoms with E-state index in [2.05, 4.69) is 4.98 Å². The fourth-order valence-corrected chi connectivity index (χ4v) is 1.94. The molecule has 0 fully saturated rings. The van der Waals surface area contributed by atoms with Crippen LogP contribution in [0.5, 0.6) is 0 Å². The van der Waals surface area contributed by atoms with E-state index >= 15 is 0 Å². The second kappa shape index (κ2) is 4.31. The van der Waals surface area contributed by atoms with Crippen molar-refractivity contribution in [1.82, 2.24) is 4.98 Å². The van der Waals surface area contributed by atoms with E-state index in [1.807, 2.05) is 6.07 Å². The molecule has 0 radical (unpaired) electrons. The number of pyridine rings is 1. The van der Waals surface area contributed by atoms with Crippen molar-refractivity contribution in [3.05, 3.63) is 48.5 Å². The van der Waals surface area contributed by atoms with E-state index in [1.54, 1.807) is 24.5 Å². The Morgan fingerprint density at radius 1 is 1.13 bits per heavy atom. The number of aromatic nitrogens is 1. The zero-order valence-electron chi connectivity index (χ0n) is 7.85. The number of hydrogen-bond acceptors (Lipinski definition) is 3. The zero-order valence-corrected chi connectivity index (χ0v) is 8.67. The van der Waals surface area contributed by atoms with Crippen LogP contribution < -0.4 is 5.73 Å². The van der Waals surface area contributed by atoms with Gasteiger partial charge in [0.05, 0.1) is 11.9 Å². The summed E-state index contributed by atoms with van der Waals surface area (Å²) in [5.41, 5.74) is 6.37. The predicted octanol–water partition coefficient (Wildman–Crippen LogP) is 2.95. The molecule has 0 bridgehead atoms. The molecule has 2 aromatic rings. The lowest BCUT2D eigenvalue weighted by molar-refractivity contribution is 0.626. The Morgan fingerprint density at radius 3 is 2.53 bits per heavy atom. The van der Waals surface area contributed by atoms with Gasteiger partial charge in [0, 0.05) is 16.0 Å². The molecule has 1 aromatic carbocycles. The van der Waals surface area contributed by atoms with Crippen LogP contribution in [-0.2, 0) is 0 Å². The van der Waals surface area contributed by atoms with Crippen LogP contribution >= 0.6 is 11.8 Å². The summed E-state index contributed by atoms with van der Waals surface area (Å²) >= 11 is 1.49. The van der Waals surface area contributed by atoms with Crippen LogP contribution in [0.3, 0.4) is 0 Å². The van der Waals surface area contributed by atoms with E-state index in [0.717, 1.165) is 9.79 Å². The number of anilines is 1. The lowest BCUT2D eigenvalue weighted by Crippen LogP contribution is -1.88. The fraction of sp³-hybridized carbons (Fsp3) is 0. The van der Waals surface area contributed by atoms with Crippen molar-refractivity contribution in [2.24, 2.45) is 0 Å². The van der Waals surface area contributed by atoms with E-state index in [0.29, 0.717) is 5.69 Å². The standard InChI is InChI=1S/C11H9FN2S/c12-8-1-3-9(4-2-8)15-11-5-6-14-7-10(11)13/h1-7H,13H2. The Bertz CT molecular complexity index is 456. The molecule has 1 heterocycles. The molecule has 2 nitrogen and oxygen atoms in total. The van der Waals surface area contributed by atoms with Crippen LogP contribution in [0.15, 0.2) is 52.5 Å². The highest BCUT2D eigenvalue weighted by Gasteiger charge is 2.01. The van der Waals surface area contributed by atoms with Gasteiger partial charge in [-0.25, -0.2) is 4.39 Å². The van der Waals surface area contributed by atoms with Gasteiger partial charge in [-0.3, -0.25) is 4.98 Å². The summed E-state index contributed by atoms with van der Waals surface area (Å²) < 4.78 is 12.7. The van der Waals surface area contributed by atoms with Crippen molar-refractivity contribution in [2.45, 2.75) is 9.79 Å². The van der Waals surface area contributed by atoms with E-state index in [4.69, 9.17) is 5.73 Å². The molecule has 0 saturated heterocycles. The Balaban J connectivity index is 2.22. The largest absolute Gasteiger partial charge is 0.397 e. The van der Waals surface area contributed by atoms with Crippen molar-refractivity contribution < 1.29 is 4.39 Å². The molecular weight excluding hydrogens is 211 g/mol. The average Bonchev–Trinajstić information content (AvgIpc) is 2.25. The summed E-state index contributed by atoms with van der Waals surface area (Å²) in [5, 5.41) is 0. The molecule has 4 heteroatoms. The van der Waals surface area contributed by atoms with Crippen LogP contribution in [0, 0.1) is 5.82 Å². The molecule has 0 spiro atoms. The van der Waals surface area contributed by atoms with E-state index in [9.17, 15) is 4.39 Å². The highest BCUT2D eigenvalue weighted by atomic mass is 32.2. The van der Waals surface area contributed by atoms with Crippen LogP contribution in [0.25, 0.3) is 0 Å². The van der Waals surface area contributed by atoms with Crippen molar-refractivity contribution >= 4 is 17.4 Å². The minimum Gasteiger partial charge on any atom is -0.397 e. The Labute approximate surface area is 91.3 Å². The summed E-state index contributed by atoms with van der Waals surface area (Å²) in [6.07, 6.45) is 3.29. The van der Waals surface area contributed by atoms with Crippen LogP contribution in [-0.4, -0.2) is 4.98 Å². The van der Waals surface area contributed by atoms with Crippen molar-refractivity contribution in [2.75, 3.05) is 5.73 Å². The predicted molar refractivity (Wildman–Crippen MR) is 59.2 cm³/mol. The zero-order chi connectivity index (χ0) is 10.7. The first-order valence-corrected chi connectivity index (χ1v) is 5.20. The van der Waals surface area contributed by atoms with Gasteiger partial charge in [0.1, 0.15) is 5.82 Å². The van der Waals surface area contributed by atoms with Gasteiger partial charge in [-0.05, 0) is 30.3 Å². The van der Waals surface area contributed by atoms with Crippen LogP contribution in [0.4, 0.5) is 10.1 Å². The summed E-state index contributed by atoms with van der Waals surface area (Å²) in [4.78, 5) is 5.78. The summed E-state index contributed by atoms with van der Waals surface area (Å²) in [5.74, 6) is -0.234. The fourth-order valence-electron chi connectivity index (χ4n) is 1.12. The van der Waals surface area contributed by atoms with Gasteiger partial charge >= 0.3 is 0 Å². The number of nitrogens with zero attached hydrogens (tertiary/aromatic N) is 1. The maximum atomic E-state index is 12.7. The van der Waals surface area contributed by atoms with E-state index < -0.39 is 0 Å². The molecule has 0 unspecified atom stereocenters. The SMILES string of the molecule is Nc1cnccc1Sc1ccc(F)cc1. The van der Waals surface area contributed by atoms with Crippen molar-refractivity contribution in [3.8, 4) is 0 Å². The minimum absolute atomic E-state index is 0.234. The van der Waals surface area contributed by atoms with E-state index in [1.165, 1.54) is 23.9 Å². The molecule has 2 rings (SSSR count). The Kier molecular flexibility index (Phi) is 2.87. The highest BCUT2D eigenvalue weighted by molar-refractivity contribution is 7.99. The third-order valence-electron chi connectivity index (χ3n) is 1.85. The Hall–Kier alpha value is -1.55. The van der Waals surface area contributed by atoms with Gasteiger partial charge in [0.15, 0.2) is 0 Å². The molecule has 0 saturated carbocycles. The lowest BCUT2D eigenvalue weighted by Gasteiger charge is -2.03. The first kappa shape index (κ1) is 9.98. The maximum absolute atomic E-state index is 12.7. The molecule has 1 aromatic heterocycles. The van der Waals surface area contributed by atoms with Gasteiger partial charge in [0.2, 0.25) is 0 Å². The third-order valence-corrected chi connectivity index (χ3v) is 2.95. The number of halogens is 1. The number of nitrogen functional groups attached to an aromatic ring is 1. The summed E-state index contributed by atoms with van der Waals surface area (Å²) in [7, 11) is 0. The maximum Gasteiger partial charge on any atom is 0.123 e. The van der Waals surface area contributed by atoms with Gasteiger partial charge < -0.3 is 5.73 Å². The molecule has 0 atom stereocenters.